The molecular weight excluding hydrogens is 456 g/mol. The monoisotopic (exact) mass is 478 g/mol. The molecule has 0 atom stereocenters. The van der Waals surface area contributed by atoms with Crippen molar-refractivity contribution in [3.05, 3.63) is 108 Å². The van der Waals surface area contributed by atoms with Gasteiger partial charge in [0, 0.05) is 34.1 Å². The Hall–Kier alpha value is -4.56. The van der Waals surface area contributed by atoms with Crippen molar-refractivity contribution in [1.82, 2.24) is 15.0 Å². The van der Waals surface area contributed by atoms with E-state index >= 15 is 0 Å². The fraction of sp³-hybridized carbons (Fsp3) is 0.0370. The number of anilines is 5. The van der Waals surface area contributed by atoms with Gasteiger partial charge in [-0.3, -0.25) is 4.79 Å². The molecular formula is C27H22N6OS. The minimum absolute atomic E-state index is 0.153. The second-order valence-corrected chi connectivity index (χ2v) is 8.79. The van der Waals surface area contributed by atoms with Crippen LogP contribution in [-0.2, 0) is 0 Å². The number of rotatable bonds is 7. The molecule has 0 saturated heterocycles. The predicted octanol–water partition coefficient (Wildman–Crippen LogP) is 6.65. The van der Waals surface area contributed by atoms with E-state index in [1.807, 2.05) is 79.0 Å². The highest BCUT2D eigenvalue weighted by Crippen LogP contribution is 2.25. The summed E-state index contributed by atoms with van der Waals surface area (Å²) in [5.41, 5.74) is 4.36. The summed E-state index contributed by atoms with van der Waals surface area (Å²) in [4.78, 5) is 26.6. The summed E-state index contributed by atoms with van der Waals surface area (Å²) in [7, 11) is 0. The molecule has 3 aromatic heterocycles. The summed E-state index contributed by atoms with van der Waals surface area (Å²) in [6.45, 7) is 2.01. The largest absolute Gasteiger partial charge is 0.340 e. The molecule has 5 aromatic rings. The molecule has 0 radical (unpaired) electrons. The van der Waals surface area contributed by atoms with E-state index in [2.05, 4.69) is 37.0 Å². The number of nitrogens with one attached hydrogen (secondary N) is 3. The van der Waals surface area contributed by atoms with Crippen molar-refractivity contribution >= 4 is 46.1 Å². The SMILES string of the molecule is Cc1ccnc(Nc2cc(Nc3ccc(NC(=O)c4ccc(-c5cccs5)cc4)cc3)ncn2)c1. The van der Waals surface area contributed by atoms with Crippen LogP contribution in [0.4, 0.5) is 28.8 Å². The van der Waals surface area contributed by atoms with Gasteiger partial charge in [-0.15, -0.1) is 11.3 Å². The van der Waals surface area contributed by atoms with Gasteiger partial charge in [-0.1, -0.05) is 18.2 Å². The van der Waals surface area contributed by atoms with E-state index in [0.717, 1.165) is 22.6 Å². The fourth-order valence-electron chi connectivity index (χ4n) is 3.45. The van der Waals surface area contributed by atoms with Gasteiger partial charge in [-0.25, -0.2) is 15.0 Å². The van der Waals surface area contributed by atoms with Crippen LogP contribution in [0.25, 0.3) is 10.4 Å². The Morgan fingerprint density at radius 1 is 0.771 bits per heavy atom. The van der Waals surface area contributed by atoms with E-state index in [0.29, 0.717) is 22.9 Å². The third-order valence-corrected chi connectivity index (χ3v) is 6.13. The van der Waals surface area contributed by atoms with Crippen molar-refractivity contribution in [2.24, 2.45) is 0 Å². The molecule has 0 saturated carbocycles. The highest BCUT2D eigenvalue weighted by Gasteiger charge is 2.08. The third kappa shape index (κ3) is 5.69. The minimum Gasteiger partial charge on any atom is -0.340 e. The Morgan fingerprint density at radius 3 is 2.20 bits per heavy atom. The molecule has 172 valence electrons. The number of aryl methyl sites for hydroxylation is 1. The molecule has 8 heteroatoms. The molecule has 2 aromatic carbocycles. The smallest absolute Gasteiger partial charge is 0.255 e. The zero-order valence-electron chi connectivity index (χ0n) is 18.9. The molecule has 3 heterocycles. The van der Waals surface area contributed by atoms with Crippen LogP contribution in [0.2, 0.25) is 0 Å². The maximum absolute atomic E-state index is 12.6. The number of benzene rings is 2. The predicted molar refractivity (Wildman–Crippen MR) is 142 cm³/mol. The Bertz CT molecular complexity index is 1430. The van der Waals surface area contributed by atoms with Gasteiger partial charge >= 0.3 is 0 Å². The van der Waals surface area contributed by atoms with Crippen LogP contribution in [0.1, 0.15) is 15.9 Å². The van der Waals surface area contributed by atoms with Crippen molar-refractivity contribution in [3.63, 3.8) is 0 Å². The van der Waals surface area contributed by atoms with E-state index in [-0.39, 0.29) is 5.91 Å². The molecule has 0 spiro atoms. The van der Waals surface area contributed by atoms with Crippen LogP contribution in [0.3, 0.4) is 0 Å². The molecule has 0 aliphatic rings. The fourth-order valence-corrected chi connectivity index (χ4v) is 4.18. The zero-order chi connectivity index (χ0) is 24.0. The molecule has 7 nitrogen and oxygen atoms in total. The van der Waals surface area contributed by atoms with Gasteiger partial charge in [0.15, 0.2) is 0 Å². The van der Waals surface area contributed by atoms with Crippen LogP contribution in [-0.4, -0.2) is 20.9 Å². The first-order chi connectivity index (χ1) is 17.1. The summed E-state index contributed by atoms with van der Waals surface area (Å²) >= 11 is 1.68. The lowest BCUT2D eigenvalue weighted by atomic mass is 10.1. The van der Waals surface area contributed by atoms with E-state index in [4.69, 9.17) is 0 Å². The van der Waals surface area contributed by atoms with Gasteiger partial charge in [-0.2, -0.15) is 0 Å². The Labute approximate surface area is 207 Å². The number of nitrogens with zero attached hydrogens (tertiary/aromatic N) is 3. The second kappa shape index (κ2) is 10.1. The van der Waals surface area contributed by atoms with Crippen molar-refractivity contribution in [2.45, 2.75) is 6.92 Å². The number of hydrogen-bond donors (Lipinski definition) is 3. The molecule has 1 amide bonds. The minimum atomic E-state index is -0.153. The highest BCUT2D eigenvalue weighted by molar-refractivity contribution is 7.13. The maximum Gasteiger partial charge on any atom is 0.255 e. The lowest BCUT2D eigenvalue weighted by Crippen LogP contribution is -2.11. The average molecular weight is 479 g/mol. The molecule has 3 N–H and O–H groups in total. The van der Waals surface area contributed by atoms with E-state index < -0.39 is 0 Å². The number of hydrogen-bond acceptors (Lipinski definition) is 7. The van der Waals surface area contributed by atoms with E-state index in [9.17, 15) is 4.79 Å². The van der Waals surface area contributed by atoms with Crippen LogP contribution in [0.15, 0.2) is 96.8 Å². The Kier molecular flexibility index (Phi) is 6.45. The average Bonchev–Trinajstić information content (AvgIpc) is 3.41. The summed E-state index contributed by atoms with van der Waals surface area (Å²) < 4.78 is 0. The lowest BCUT2D eigenvalue weighted by Gasteiger charge is -2.10. The first kappa shape index (κ1) is 22.2. The Balaban J connectivity index is 1.20. The summed E-state index contributed by atoms with van der Waals surface area (Å²) in [6.07, 6.45) is 3.23. The van der Waals surface area contributed by atoms with E-state index in [1.165, 1.54) is 11.2 Å². The molecule has 0 bridgehead atoms. The van der Waals surface area contributed by atoms with Gasteiger partial charge in [0.05, 0.1) is 0 Å². The van der Waals surface area contributed by atoms with Crippen molar-refractivity contribution < 1.29 is 4.79 Å². The van der Waals surface area contributed by atoms with Gasteiger partial charge < -0.3 is 16.0 Å². The van der Waals surface area contributed by atoms with Gasteiger partial charge in [0.2, 0.25) is 0 Å². The van der Waals surface area contributed by atoms with Crippen LogP contribution < -0.4 is 16.0 Å². The van der Waals surface area contributed by atoms with Crippen LogP contribution in [0.5, 0.6) is 0 Å². The van der Waals surface area contributed by atoms with Crippen molar-refractivity contribution in [2.75, 3.05) is 16.0 Å². The van der Waals surface area contributed by atoms with Crippen LogP contribution in [0, 0.1) is 6.92 Å². The number of aromatic nitrogens is 3. The number of thiophene rings is 1. The molecule has 0 unspecified atom stereocenters. The maximum atomic E-state index is 12.6. The number of pyridine rings is 1. The van der Waals surface area contributed by atoms with E-state index in [1.54, 1.807) is 23.6 Å². The van der Waals surface area contributed by atoms with Crippen molar-refractivity contribution in [1.29, 1.82) is 0 Å². The molecule has 35 heavy (non-hydrogen) atoms. The topological polar surface area (TPSA) is 91.8 Å². The number of carbonyl (C=O) groups excluding carboxylic acids is 1. The molecule has 0 fully saturated rings. The summed E-state index contributed by atoms with van der Waals surface area (Å²) in [6, 6.07) is 24.8. The standard InChI is InChI=1S/C27H22N6OS/c1-18-12-13-28-24(15-18)33-26-16-25(29-17-30-26)31-21-8-10-22(11-9-21)32-27(34)20-6-4-19(5-7-20)23-3-2-14-35-23/h2-17H,1H3,(H,32,34)(H2,28,29,30,31,33). The van der Waals surface area contributed by atoms with Crippen molar-refractivity contribution in [3.8, 4) is 10.4 Å². The quantitative estimate of drug-likeness (QED) is 0.243. The second-order valence-electron chi connectivity index (χ2n) is 7.84. The van der Waals surface area contributed by atoms with Gasteiger partial charge in [0.1, 0.15) is 23.8 Å². The van der Waals surface area contributed by atoms with Crippen LogP contribution >= 0.6 is 11.3 Å². The first-order valence-corrected chi connectivity index (χ1v) is 11.8. The zero-order valence-corrected chi connectivity index (χ0v) is 19.7. The first-order valence-electron chi connectivity index (χ1n) is 11.0. The molecule has 0 aliphatic heterocycles. The normalized spacial score (nSPS) is 10.5. The summed E-state index contributed by atoms with van der Waals surface area (Å²) in [5, 5.41) is 11.4. The van der Waals surface area contributed by atoms with Gasteiger partial charge in [0.25, 0.3) is 5.91 Å². The summed E-state index contributed by atoms with van der Waals surface area (Å²) in [5.74, 6) is 1.84. The van der Waals surface area contributed by atoms with Gasteiger partial charge in [-0.05, 0) is 78.0 Å². The highest BCUT2D eigenvalue weighted by atomic mass is 32.1. The third-order valence-electron chi connectivity index (χ3n) is 5.21. The number of amides is 1. The lowest BCUT2D eigenvalue weighted by molar-refractivity contribution is 0.102. The molecule has 5 rings (SSSR count). The Morgan fingerprint density at radius 2 is 1.49 bits per heavy atom. The molecule has 0 aliphatic carbocycles. The number of carbonyl (C=O) groups is 1.